The Bertz CT molecular complexity index is 5450. The molecule has 1 aliphatic carbocycles. The molecule has 1 spiro atoms. The van der Waals surface area contributed by atoms with Crippen LogP contribution in [0.25, 0.3) is 97.4 Å². The van der Waals surface area contributed by atoms with Crippen molar-refractivity contribution in [3.05, 3.63) is 311 Å². The lowest BCUT2D eigenvalue weighted by molar-refractivity contribution is 0.669. The Balaban J connectivity index is 0.941. The molecule has 18 rings (SSSR count). The van der Waals surface area contributed by atoms with Gasteiger partial charge in [0.1, 0.15) is 22.3 Å². The van der Waals surface area contributed by atoms with Crippen molar-refractivity contribution in [2.45, 2.75) is 15.2 Å². The van der Waals surface area contributed by atoms with E-state index in [0.29, 0.717) is 10.0 Å². The summed E-state index contributed by atoms with van der Waals surface area (Å²) in [6.07, 6.45) is 0. The lowest BCUT2D eigenvalue weighted by Gasteiger charge is -2.40. The maximum atomic E-state index is 7.03. The van der Waals surface area contributed by atoms with Crippen LogP contribution in [-0.4, -0.2) is 0 Å². The third-order valence-electron chi connectivity index (χ3n) is 17.8. The SMILES string of the molecule is Clc1ccc2c(c1)Sc1cc(Cl)ccc1C21c2ccc(N(c3ccccc3)c3cc(-c4cccc5c4oc4ccccc45)c4sc5ccccc5c4c3)cc2-c2c(N(c3ccccc3)c3cc(-c4ccccc4)c4oc5ccccc5c4c3)cccc21. The standard InChI is InChI=1S/C79H46Cl2N2O2S2/c80-48-34-37-66-73(40-48)86-74-41-49(81)35-38-67(74)79(66)65-39-36-52(82(50-20-6-2-7-21-50)53-45-62-57-26-12-15-33-72(57)87-78(62)63(46-53)59-28-16-27-58-55-24-10-13-31-70(55)84-76(58)59)42-64(65)75-68(79)29-17-30-69(75)83(51-22-8-3-9-23-51)54-43-60(47-18-4-1-5-19-47)77-61(44-54)56-25-11-14-32-71(56)85-77/h1-46H. The minimum atomic E-state index is -0.795. The molecular weight excluding hydrogens is 1140 g/mol. The van der Waals surface area contributed by atoms with Crippen LogP contribution in [0, 0.1) is 0 Å². The van der Waals surface area contributed by atoms with Crippen LogP contribution in [-0.2, 0) is 5.41 Å². The van der Waals surface area contributed by atoms with Crippen LogP contribution in [0.15, 0.2) is 298 Å². The van der Waals surface area contributed by atoms with Gasteiger partial charge in [-0.2, -0.15) is 0 Å². The minimum Gasteiger partial charge on any atom is -0.455 e. The van der Waals surface area contributed by atoms with Crippen molar-refractivity contribution in [3.63, 3.8) is 0 Å². The van der Waals surface area contributed by atoms with Gasteiger partial charge in [-0.1, -0.05) is 205 Å². The second-order valence-electron chi connectivity index (χ2n) is 22.5. The Morgan fingerprint density at radius 1 is 0.333 bits per heavy atom. The molecule has 8 heteroatoms. The van der Waals surface area contributed by atoms with Crippen LogP contribution < -0.4 is 9.80 Å². The van der Waals surface area contributed by atoms with Gasteiger partial charge in [-0.25, -0.2) is 0 Å². The highest BCUT2D eigenvalue weighted by Crippen LogP contribution is 2.65. The summed E-state index contributed by atoms with van der Waals surface area (Å²) >= 11 is 17.6. The van der Waals surface area contributed by atoms with Crippen LogP contribution >= 0.6 is 46.3 Å². The van der Waals surface area contributed by atoms with Gasteiger partial charge in [0.05, 0.1) is 11.1 Å². The summed E-state index contributed by atoms with van der Waals surface area (Å²) in [6.45, 7) is 0. The van der Waals surface area contributed by atoms with Crippen LogP contribution in [0.1, 0.15) is 22.3 Å². The number of nitrogens with zero attached hydrogens (tertiary/aromatic N) is 2. The molecule has 87 heavy (non-hydrogen) atoms. The molecule has 0 amide bonds. The van der Waals surface area contributed by atoms with Crippen molar-refractivity contribution < 1.29 is 8.83 Å². The predicted octanol–water partition coefficient (Wildman–Crippen LogP) is 24.3. The fourth-order valence-corrected chi connectivity index (χ4v) is 17.2. The van der Waals surface area contributed by atoms with E-state index < -0.39 is 5.41 Å². The quantitative estimate of drug-likeness (QED) is 0.151. The second-order valence-corrected chi connectivity index (χ2v) is 25.5. The molecule has 0 fully saturated rings. The maximum absolute atomic E-state index is 7.03. The topological polar surface area (TPSA) is 32.8 Å². The first kappa shape index (κ1) is 50.5. The van der Waals surface area contributed by atoms with Gasteiger partial charge in [-0.15, -0.1) is 11.3 Å². The number of hydrogen-bond donors (Lipinski definition) is 0. The molecular formula is C79H46Cl2N2O2S2. The molecule has 3 aromatic heterocycles. The maximum Gasteiger partial charge on any atom is 0.143 e. The molecule has 0 unspecified atom stereocenters. The second kappa shape index (κ2) is 19.6. The third kappa shape index (κ3) is 7.65. The van der Waals surface area contributed by atoms with Crippen molar-refractivity contribution in [1.29, 1.82) is 0 Å². The Morgan fingerprint density at radius 3 is 1.59 bits per heavy atom. The molecule has 0 radical (unpaired) electrons. The van der Waals surface area contributed by atoms with Crippen molar-refractivity contribution >= 4 is 144 Å². The molecule has 13 aromatic carbocycles. The molecule has 0 saturated heterocycles. The van der Waals surface area contributed by atoms with Gasteiger partial charge in [0, 0.05) is 112 Å². The number of rotatable bonds is 8. The molecule has 410 valence electrons. The fourth-order valence-electron chi connectivity index (χ4n) is 14.2. The van der Waals surface area contributed by atoms with E-state index in [1.165, 1.54) is 36.9 Å². The van der Waals surface area contributed by atoms with E-state index in [9.17, 15) is 0 Å². The Hall–Kier alpha value is -9.79. The molecule has 2 aliphatic rings. The number of thiophene rings is 1. The average Bonchev–Trinajstić information content (AvgIpc) is 1.61. The number of anilines is 6. The largest absolute Gasteiger partial charge is 0.455 e. The smallest absolute Gasteiger partial charge is 0.143 e. The summed E-state index contributed by atoms with van der Waals surface area (Å²) in [5.41, 5.74) is 19.9. The van der Waals surface area contributed by atoms with Crippen LogP contribution in [0.5, 0.6) is 0 Å². The lowest BCUT2D eigenvalue weighted by atomic mass is 9.67. The van der Waals surface area contributed by atoms with Crippen molar-refractivity contribution in [2.75, 3.05) is 9.80 Å². The van der Waals surface area contributed by atoms with Gasteiger partial charge in [-0.3, -0.25) is 0 Å². The zero-order chi connectivity index (χ0) is 57.5. The average molecular weight is 1190 g/mol. The summed E-state index contributed by atoms with van der Waals surface area (Å²) < 4.78 is 16.1. The zero-order valence-electron chi connectivity index (χ0n) is 46.3. The number of para-hydroxylation sites is 5. The number of halogens is 2. The Kier molecular flexibility index (Phi) is 11.4. The van der Waals surface area contributed by atoms with Crippen LogP contribution in [0.2, 0.25) is 10.0 Å². The minimum absolute atomic E-state index is 0.681. The normalized spacial score (nSPS) is 13.0. The number of furan rings is 2. The molecule has 0 atom stereocenters. The first-order valence-corrected chi connectivity index (χ1v) is 31.5. The van der Waals surface area contributed by atoms with E-state index in [1.54, 1.807) is 11.8 Å². The Labute approximate surface area is 519 Å². The van der Waals surface area contributed by atoms with Gasteiger partial charge in [0.15, 0.2) is 0 Å². The van der Waals surface area contributed by atoms with E-state index >= 15 is 0 Å². The van der Waals surface area contributed by atoms with Crippen molar-refractivity contribution in [1.82, 2.24) is 0 Å². The summed E-state index contributed by atoms with van der Waals surface area (Å²) in [5.74, 6) is 0. The zero-order valence-corrected chi connectivity index (χ0v) is 49.5. The fraction of sp³-hybridized carbons (Fsp3) is 0.0127. The first-order chi connectivity index (χ1) is 42.9. The van der Waals surface area contributed by atoms with E-state index in [2.05, 4.69) is 277 Å². The summed E-state index contributed by atoms with van der Waals surface area (Å²) in [5, 5.41) is 8.06. The molecule has 16 aromatic rings. The molecule has 1 aliphatic heterocycles. The number of fused-ring (bicyclic) bond motifs is 18. The first-order valence-electron chi connectivity index (χ1n) is 29.1. The molecule has 0 saturated carbocycles. The van der Waals surface area contributed by atoms with E-state index in [0.717, 1.165) is 127 Å². The summed E-state index contributed by atoms with van der Waals surface area (Å²) in [7, 11) is 0. The van der Waals surface area contributed by atoms with Gasteiger partial charge in [0.25, 0.3) is 0 Å². The molecule has 4 nitrogen and oxygen atoms in total. The number of benzene rings is 13. The third-order valence-corrected chi connectivity index (χ3v) is 20.6. The Morgan fingerprint density at radius 2 is 0.874 bits per heavy atom. The molecule has 0 N–H and O–H groups in total. The number of hydrogen-bond acceptors (Lipinski definition) is 6. The van der Waals surface area contributed by atoms with Crippen LogP contribution in [0.3, 0.4) is 0 Å². The summed E-state index contributed by atoms with van der Waals surface area (Å²) in [6, 6.07) is 101. The summed E-state index contributed by atoms with van der Waals surface area (Å²) in [4.78, 5) is 7.08. The van der Waals surface area contributed by atoms with Gasteiger partial charge >= 0.3 is 0 Å². The highest BCUT2D eigenvalue weighted by atomic mass is 35.5. The highest BCUT2D eigenvalue weighted by Gasteiger charge is 2.52. The van der Waals surface area contributed by atoms with E-state index in [4.69, 9.17) is 32.0 Å². The van der Waals surface area contributed by atoms with Gasteiger partial charge in [-0.05, 0) is 143 Å². The van der Waals surface area contributed by atoms with E-state index in [-0.39, 0.29) is 0 Å². The van der Waals surface area contributed by atoms with Crippen molar-refractivity contribution in [2.24, 2.45) is 0 Å². The van der Waals surface area contributed by atoms with E-state index in [1.807, 2.05) is 23.5 Å². The molecule has 0 bridgehead atoms. The predicted molar refractivity (Wildman–Crippen MR) is 366 cm³/mol. The van der Waals surface area contributed by atoms with Gasteiger partial charge in [0.2, 0.25) is 0 Å². The monoisotopic (exact) mass is 1190 g/mol. The van der Waals surface area contributed by atoms with Crippen LogP contribution in [0.4, 0.5) is 34.1 Å². The van der Waals surface area contributed by atoms with Gasteiger partial charge < -0.3 is 18.6 Å². The molecule has 4 heterocycles. The highest BCUT2D eigenvalue weighted by molar-refractivity contribution is 7.99. The lowest BCUT2D eigenvalue weighted by Crippen LogP contribution is -2.32. The van der Waals surface area contributed by atoms with Crippen molar-refractivity contribution in [3.8, 4) is 33.4 Å².